The van der Waals surface area contributed by atoms with E-state index in [-0.39, 0.29) is 6.04 Å². The molecular formula is C14H17N3O2S. The number of nitrogens with zero attached hydrogens (tertiary/aromatic N) is 2. The number of aromatic nitrogens is 2. The van der Waals surface area contributed by atoms with Gasteiger partial charge in [0.05, 0.1) is 7.11 Å². The van der Waals surface area contributed by atoms with Crippen LogP contribution in [0.25, 0.3) is 0 Å². The summed E-state index contributed by atoms with van der Waals surface area (Å²) < 4.78 is 10.8. The molecule has 1 aromatic carbocycles. The zero-order valence-corrected chi connectivity index (χ0v) is 12.5. The third-order valence-electron chi connectivity index (χ3n) is 3.55. The molecule has 1 heterocycles. The van der Waals surface area contributed by atoms with Crippen molar-refractivity contribution in [2.24, 2.45) is 0 Å². The van der Waals surface area contributed by atoms with Crippen LogP contribution in [0.1, 0.15) is 23.1 Å². The smallest absolute Gasteiger partial charge is 0.276 e. The summed E-state index contributed by atoms with van der Waals surface area (Å²) >= 11 is 1.63. The average molecular weight is 291 g/mol. The molecule has 0 saturated carbocycles. The third kappa shape index (κ3) is 2.41. The van der Waals surface area contributed by atoms with Gasteiger partial charge in [-0.05, 0) is 36.7 Å². The van der Waals surface area contributed by atoms with Crippen LogP contribution in [0, 0.1) is 6.92 Å². The van der Waals surface area contributed by atoms with E-state index in [2.05, 4.69) is 27.6 Å². The van der Waals surface area contributed by atoms with Crippen molar-refractivity contribution in [3.63, 3.8) is 0 Å². The molecule has 0 amide bonds. The number of fused-ring (bicyclic) bond motifs is 1. The van der Waals surface area contributed by atoms with Gasteiger partial charge in [-0.15, -0.1) is 10.2 Å². The molecule has 106 valence electrons. The monoisotopic (exact) mass is 291 g/mol. The van der Waals surface area contributed by atoms with Gasteiger partial charge < -0.3 is 14.5 Å². The van der Waals surface area contributed by atoms with Gasteiger partial charge in [-0.2, -0.15) is 0 Å². The van der Waals surface area contributed by atoms with Crippen LogP contribution in [0.2, 0.25) is 0 Å². The van der Waals surface area contributed by atoms with Gasteiger partial charge in [-0.3, -0.25) is 0 Å². The first-order chi connectivity index (χ1) is 9.71. The van der Waals surface area contributed by atoms with E-state index in [0.717, 1.165) is 12.2 Å². The maximum atomic E-state index is 5.47. The Balaban J connectivity index is 1.84. The Morgan fingerprint density at radius 1 is 1.40 bits per heavy atom. The fourth-order valence-corrected chi connectivity index (χ4v) is 3.81. The van der Waals surface area contributed by atoms with Gasteiger partial charge in [0.15, 0.2) is 0 Å². The first-order valence-corrected chi connectivity index (χ1v) is 7.40. The lowest BCUT2D eigenvalue weighted by Crippen LogP contribution is -2.23. The molecule has 1 aromatic heterocycles. The number of benzene rings is 1. The van der Waals surface area contributed by atoms with Crippen molar-refractivity contribution in [1.29, 1.82) is 0 Å². The van der Waals surface area contributed by atoms with Crippen molar-refractivity contribution in [2.45, 2.75) is 29.9 Å². The molecule has 3 rings (SSSR count). The zero-order chi connectivity index (χ0) is 14.1. The summed E-state index contributed by atoms with van der Waals surface area (Å²) in [4.78, 5) is 0. The van der Waals surface area contributed by atoms with Crippen LogP contribution in [0.15, 0.2) is 27.8 Å². The second-order valence-corrected chi connectivity index (χ2v) is 5.97. The number of hydrogen-bond donors (Lipinski definition) is 1. The number of hydrogen-bond acceptors (Lipinski definition) is 6. The number of thioether (sulfide) groups is 1. The molecule has 6 heteroatoms. The number of aryl methyl sites for hydroxylation is 1. The van der Waals surface area contributed by atoms with E-state index in [1.54, 1.807) is 25.8 Å². The highest BCUT2D eigenvalue weighted by Crippen LogP contribution is 2.42. The average Bonchev–Trinajstić information content (AvgIpc) is 3.01. The highest BCUT2D eigenvalue weighted by molar-refractivity contribution is 7.99. The predicted octanol–water partition coefficient (Wildman–Crippen LogP) is 2.36. The van der Waals surface area contributed by atoms with E-state index in [1.165, 1.54) is 11.1 Å². The Morgan fingerprint density at radius 3 is 2.90 bits per heavy atom. The molecule has 5 nitrogen and oxygen atoms in total. The Labute approximate surface area is 122 Å². The van der Waals surface area contributed by atoms with E-state index in [0.29, 0.717) is 16.4 Å². The second-order valence-electron chi connectivity index (χ2n) is 4.78. The molecule has 0 fully saturated rings. The molecule has 1 aliphatic carbocycles. The Morgan fingerprint density at radius 2 is 2.25 bits per heavy atom. The number of nitrogens with one attached hydrogen (secondary N) is 1. The highest BCUT2D eigenvalue weighted by Gasteiger charge is 2.33. The lowest BCUT2D eigenvalue weighted by molar-refractivity contribution is 0.413. The minimum Gasteiger partial charge on any atom is -0.497 e. The summed E-state index contributed by atoms with van der Waals surface area (Å²) in [5.41, 5.74) is 2.64. The summed E-state index contributed by atoms with van der Waals surface area (Å²) in [6, 6.07) is 6.52. The van der Waals surface area contributed by atoms with Gasteiger partial charge in [0, 0.05) is 18.2 Å². The van der Waals surface area contributed by atoms with E-state index >= 15 is 0 Å². The molecule has 1 N–H and O–H groups in total. The van der Waals surface area contributed by atoms with Crippen molar-refractivity contribution in [1.82, 2.24) is 15.5 Å². The van der Waals surface area contributed by atoms with Crippen LogP contribution in [0.3, 0.4) is 0 Å². The van der Waals surface area contributed by atoms with Crippen molar-refractivity contribution < 1.29 is 9.15 Å². The molecule has 0 radical (unpaired) electrons. The molecule has 0 saturated heterocycles. The van der Waals surface area contributed by atoms with Crippen LogP contribution in [-0.2, 0) is 6.42 Å². The Bertz CT molecular complexity index is 614. The van der Waals surface area contributed by atoms with Crippen molar-refractivity contribution in [3.05, 3.63) is 35.2 Å². The summed E-state index contributed by atoms with van der Waals surface area (Å²) in [6.07, 6.45) is 0.983. The molecule has 0 aliphatic heterocycles. The summed E-state index contributed by atoms with van der Waals surface area (Å²) in [7, 11) is 3.67. The van der Waals surface area contributed by atoms with E-state index < -0.39 is 0 Å². The van der Waals surface area contributed by atoms with Crippen LogP contribution < -0.4 is 10.1 Å². The van der Waals surface area contributed by atoms with E-state index in [4.69, 9.17) is 9.15 Å². The zero-order valence-electron chi connectivity index (χ0n) is 11.7. The summed E-state index contributed by atoms with van der Waals surface area (Å²) in [6.45, 7) is 1.81. The van der Waals surface area contributed by atoms with Gasteiger partial charge in [-0.1, -0.05) is 17.8 Å². The molecule has 2 atom stereocenters. The standard InChI is InChI=1S/C14H17N3O2S/c1-8-16-17-14(19-8)20-12-6-9-4-5-10(18-3)7-11(9)13(12)15-2/h4-5,7,12-13,15H,6H2,1-3H3. The number of ether oxygens (including phenoxy) is 1. The highest BCUT2D eigenvalue weighted by atomic mass is 32.2. The van der Waals surface area contributed by atoms with Gasteiger partial charge in [0.25, 0.3) is 5.22 Å². The molecule has 20 heavy (non-hydrogen) atoms. The predicted molar refractivity (Wildman–Crippen MR) is 77.2 cm³/mol. The Kier molecular flexibility index (Phi) is 3.67. The molecule has 2 unspecified atom stereocenters. The van der Waals surface area contributed by atoms with Crippen LogP contribution in [-0.4, -0.2) is 29.6 Å². The minimum absolute atomic E-state index is 0.261. The fourth-order valence-electron chi connectivity index (χ4n) is 2.62. The largest absolute Gasteiger partial charge is 0.497 e. The van der Waals surface area contributed by atoms with E-state index in [9.17, 15) is 0 Å². The number of rotatable bonds is 4. The molecular weight excluding hydrogens is 274 g/mol. The summed E-state index contributed by atoms with van der Waals surface area (Å²) in [5, 5.41) is 12.3. The lowest BCUT2D eigenvalue weighted by atomic mass is 10.1. The van der Waals surface area contributed by atoms with Crippen LogP contribution in [0.5, 0.6) is 5.75 Å². The van der Waals surface area contributed by atoms with Crippen LogP contribution in [0.4, 0.5) is 0 Å². The minimum atomic E-state index is 0.261. The van der Waals surface area contributed by atoms with Gasteiger partial charge in [0.2, 0.25) is 5.89 Å². The quantitative estimate of drug-likeness (QED) is 0.933. The maximum absolute atomic E-state index is 5.47. The maximum Gasteiger partial charge on any atom is 0.276 e. The fraction of sp³-hybridized carbons (Fsp3) is 0.429. The second kappa shape index (κ2) is 5.46. The third-order valence-corrected chi connectivity index (χ3v) is 4.66. The van der Waals surface area contributed by atoms with Gasteiger partial charge in [-0.25, -0.2) is 0 Å². The normalized spacial score (nSPS) is 20.9. The topological polar surface area (TPSA) is 60.2 Å². The molecule has 1 aliphatic rings. The molecule has 0 spiro atoms. The number of methoxy groups -OCH3 is 1. The van der Waals surface area contributed by atoms with Crippen molar-refractivity contribution in [2.75, 3.05) is 14.2 Å². The van der Waals surface area contributed by atoms with Gasteiger partial charge in [0.1, 0.15) is 5.75 Å². The van der Waals surface area contributed by atoms with E-state index in [1.807, 2.05) is 13.1 Å². The van der Waals surface area contributed by atoms with Crippen molar-refractivity contribution >= 4 is 11.8 Å². The Hall–Kier alpha value is -1.53. The molecule has 2 aromatic rings. The first-order valence-electron chi connectivity index (χ1n) is 6.52. The lowest BCUT2D eigenvalue weighted by Gasteiger charge is -2.17. The van der Waals surface area contributed by atoms with Crippen molar-refractivity contribution in [3.8, 4) is 5.75 Å². The SMILES string of the molecule is CNC1c2cc(OC)ccc2CC1Sc1nnc(C)o1. The first kappa shape index (κ1) is 13.5. The summed E-state index contributed by atoms with van der Waals surface area (Å²) in [5.74, 6) is 1.49. The van der Waals surface area contributed by atoms with Gasteiger partial charge >= 0.3 is 0 Å². The van der Waals surface area contributed by atoms with Crippen LogP contribution >= 0.6 is 11.8 Å². The molecule has 0 bridgehead atoms.